The fourth-order valence-corrected chi connectivity index (χ4v) is 2.00. The molecule has 3 atom stereocenters. The zero-order chi connectivity index (χ0) is 10.2. The average Bonchev–Trinajstić information content (AvgIpc) is 1.97. The van der Waals surface area contributed by atoms with Crippen molar-refractivity contribution < 1.29 is 5.11 Å². The second-order valence-corrected chi connectivity index (χ2v) is 5.55. The molecular formula is C11H23NO. The molecule has 1 fully saturated rings. The standard InChI is InChI=1S/C11H23NO/c1-8-10(13)6-9(7-12(8)5)11(2,3)4/h8-10,13H,6-7H2,1-5H3/t8-,9+,10-/m1/s1. The predicted octanol–water partition coefficient (Wildman–Crippen LogP) is 1.73. The summed E-state index contributed by atoms with van der Waals surface area (Å²) < 4.78 is 0. The Morgan fingerprint density at radius 1 is 1.31 bits per heavy atom. The van der Waals surface area contributed by atoms with E-state index in [9.17, 15) is 5.11 Å². The van der Waals surface area contributed by atoms with Crippen molar-refractivity contribution in [1.82, 2.24) is 4.90 Å². The third kappa shape index (κ3) is 2.44. The fourth-order valence-electron chi connectivity index (χ4n) is 2.00. The summed E-state index contributed by atoms with van der Waals surface area (Å²) >= 11 is 0. The highest BCUT2D eigenvalue weighted by Gasteiger charge is 2.35. The predicted molar refractivity (Wildman–Crippen MR) is 55.7 cm³/mol. The Kier molecular flexibility index (Phi) is 3.03. The summed E-state index contributed by atoms with van der Waals surface area (Å²) in [7, 11) is 2.10. The lowest BCUT2D eigenvalue weighted by molar-refractivity contribution is -0.0225. The molecule has 2 nitrogen and oxygen atoms in total. The quantitative estimate of drug-likeness (QED) is 0.621. The van der Waals surface area contributed by atoms with Gasteiger partial charge in [0.1, 0.15) is 0 Å². The number of aliphatic hydroxyl groups is 1. The lowest BCUT2D eigenvalue weighted by atomic mass is 9.74. The first kappa shape index (κ1) is 11.0. The molecule has 1 aliphatic heterocycles. The highest BCUT2D eigenvalue weighted by atomic mass is 16.3. The van der Waals surface area contributed by atoms with Gasteiger partial charge in [0.05, 0.1) is 6.10 Å². The fraction of sp³-hybridized carbons (Fsp3) is 1.00. The van der Waals surface area contributed by atoms with Gasteiger partial charge < -0.3 is 10.0 Å². The van der Waals surface area contributed by atoms with E-state index in [1.165, 1.54) is 0 Å². The van der Waals surface area contributed by atoms with Crippen LogP contribution >= 0.6 is 0 Å². The van der Waals surface area contributed by atoms with Crippen LogP contribution in [0.25, 0.3) is 0 Å². The molecule has 1 N–H and O–H groups in total. The summed E-state index contributed by atoms with van der Waals surface area (Å²) in [5.74, 6) is 0.615. The number of hydrogen-bond donors (Lipinski definition) is 1. The average molecular weight is 185 g/mol. The van der Waals surface area contributed by atoms with Crippen LogP contribution < -0.4 is 0 Å². The molecule has 0 aliphatic carbocycles. The molecule has 1 aliphatic rings. The zero-order valence-corrected chi connectivity index (χ0v) is 9.54. The van der Waals surface area contributed by atoms with E-state index in [1.807, 2.05) is 0 Å². The van der Waals surface area contributed by atoms with Gasteiger partial charge in [-0.1, -0.05) is 20.8 Å². The Labute approximate surface area is 81.9 Å². The zero-order valence-electron chi connectivity index (χ0n) is 9.54. The molecule has 0 spiro atoms. The molecule has 1 heterocycles. The van der Waals surface area contributed by atoms with Gasteiger partial charge in [0, 0.05) is 12.6 Å². The van der Waals surface area contributed by atoms with Gasteiger partial charge in [0.15, 0.2) is 0 Å². The Morgan fingerprint density at radius 2 is 1.85 bits per heavy atom. The molecule has 0 aromatic rings. The minimum Gasteiger partial charge on any atom is -0.391 e. The summed E-state index contributed by atoms with van der Waals surface area (Å²) in [5, 5.41) is 9.84. The van der Waals surface area contributed by atoms with Gasteiger partial charge in [-0.15, -0.1) is 0 Å². The number of aliphatic hydroxyl groups excluding tert-OH is 1. The maximum atomic E-state index is 9.84. The van der Waals surface area contributed by atoms with Crippen molar-refractivity contribution in [1.29, 1.82) is 0 Å². The number of piperidine rings is 1. The van der Waals surface area contributed by atoms with Crippen LogP contribution in [-0.4, -0.2) is 35.7 Å². The lowest BCUT2D eigenvalue weighted by Crippen LogP contribution is -2.50. The molecule has 0 aromatic carbocycles. The monoisotopic (exact) mass is 185 g/mol. The van der Waals surface area contributed by atoms with Crippen LogP contribution in [0, 0.1) is 11.3 Å². The third-order valence-electron chi connectivity index (χ3n) is 3.51. The van der Waals surface area contributed by atoms with Crippen molar-refractivity contribution >= 4 is 0 Å². The number of hydrogen-bond acceptors (Lipinski definition) is 2. The van der Waals surface area contributed by atoms with Crippen LogP contribution in [0.15, 0.2) is 0 Å². The van der Waals surface area contributed by atoms with Crippen LogP contribution in [0.2, 0.25) is 0 Å². The van der Waals surface area contributed by atoms with E-state index in [-0.39, 0.29) is 6.10 Å². The summed E-state index contributed by atoms with van der Waals surface area (Å²) in [4.78, 5) is 2.27. The molecule has 0 unspecified atom stereocenters. The van der Waals surface area contributed by atoms with Crippen molar-refractivity contribution in [3.63, 3.8) is 0 Å². The first-order chi connectivity index (χ1) is 5.82. The van der Waals surface area contributed by atoms with E-state index in [0.29, 0.717) is 17.4 Å². The van der Waals surface area contributed by atoms with Gasteiger partial charge in [0.25, 0.3) is 0 Å². The summed E-state index contributed by atoms with van der Waals surface area (Å²) in [5.41, 5.74) is 0.315. The van der Waals surface area contributed by atoms with Gasteiger partial charge in [0.2, 0.25) is 0 Å². The minimum absolute atomic E-state index is 0.150. The molecule has 0 bridgehead atoms. The van der Waals surface area contributed by atoms with Gasteiger partial charge in [-0.25, -0.2) is 0 Å². The number of likely N-dealkylation sites (tertiary alicyclic amines) is 1. The summed E-state index contributed by atoms with van der Waals surface area (Å²) in [6, 6.07) is 0.318. The molecule has 0 radical (unpaired) electrons. The van der Waals surface area contributed by atoms with Crippen molar-refractivity contribution in [2.75, 3.05) is 13.6 Å². The maximum Gasteiger partial charge on any atom is 0.0695 e. The van der Waals surface area contributed by atoms with Gasteiger partial charge in [-0.2, -0.15) is 0 Å². The molecule has 2 heteroatoms. The molecular weight excluding hydrogens is 162 g/mol. The number of likely N-dealkylation sites (N-methyl/N-ethyl adjacent to an activating group) is 1. The van der Waals surface area contributed by atoms with Gasteiger partial charge in [-0.05, 0) is 31.7 Å². The van der Waals surface area contributed by atoms with E-state index < -0.39 is 0 Å². The number of nitrogens with zero attached hydrogens (tertiary/aromatic N) is 1. The van der Waals surface area contributed by atoms with Crippen LogP contribution in [0.3, 0.4) is 0 Å². The summed E-state index contributed by atoms with van der Waals surface area (Å²) in [6.45, 7) is 9.99. The highest BCUT2D eigenvalue weighted by molar-refractivity contribution is 4.88. The summed E-state index contributed by atoms with van der Waals surface area (Å²) in [6.07, 6.45) is 0.803. The van der Waals surface area contributed by atoms with Crippen LogP contribution in [0.1, 0.15) is 34.1 Å². The number of rotatable bonds is 0. The smallest absolute Gasteiger partial charge is 0.0695 e. The van der Waals surface area contributed by atoms with Crippen molar-refractivity contribution in [3.05, 3.63) is 0 Å². The SMILES string of the molecule is C[C@@H]1[C@H](O)C[C@H](C(C)(C)C)CN1C. The Balaban J connectivity index is 2.64. The molecule has 0 saturated carbocycles. The molecule has 1 saturated heterocycles. The molecule has 0 amide bonds. The maximum absolute atomic E-state index is 9.84. The Hall–Kier alpha value is -0.0800. The highest BCUT2D eigenvalue weighted by Crippen LogP contribution is 2.34. The van der Waals surface area contributed by atoms with Crippen molar-refractivity contribution in [2.45, 2.75) is 46.3 Å². The Morgan fingerprint density at radius 3 is 2.23 bits per heavy atom. The first-order valence-electron chi connectivity index (χ1n) is 5.20. The largest absolute Gasteiger partial charge is 0.391 e. The van der Waals surface area contributed by atoms with Crippen molar-refractivity contribution in [3.8, 4) is 0 Å². The molecule has 13 heavy (non-hydrogen) atoms. The van der Waals surface area contributed by atoms with E-state index in [1.54, 1.807) is 0 Å². The second kappa shape index (κ2) is 3.58. The Bertz CT molecular complexity index is 161. The van der Waals surface area contributed by atoms with Gasteiger partial charge >= 0.3 is 0 Å². The topological polar surface area (TPSA) is 23.5 Å². The third-order valence-corrected chi connectivity index (χ3v) is 3.51. The van der Waals surface area contributed by atoms with E-state index in [2.05, 4.69) is 39.6 Å². The molecule has 78 valence electrons. The second-order valence-electron chi connectivity index (χ2n) is 5.55. The molecule has 1 rings (SSSR count). The van der Waals surface area contributed by atoms with Gasteiger partial charge in [-0.3, -0.25) is 0 Å². The van der Waals surface area contributed by atoms with Crippen LogP contribution in [-0.2, 0) is 0 Å². The van der Waals surface area contributed by atoms with Crippen LogP contribution in [0.5, 0.6) is 0 Å². The normalized spacial score (nSPS) is 37.8. The minimum atomic E-state index is -0.150. The van der Waals surface area contributed by atoms with Crippen LogP contribution in [0.4, 0.5) is 0 Å². The lowest BCUT2D eigenvalue weighted by Gasteiger charge is -2.44. The van der Waals surface area contributed by atoms with E-state index in [4.69, 9.17) is 0 Å². The van der Waals surface area contributed by atoms with Crippen molar-refractivity contribution in [2.24, 2.45) is 11.3 Å². The van der Waals surface area contributed by atoms with E-state index >= 15 is 0 Å². The molecule has 0 aromatic heterocycles. The van der Waals surface area contributed by atoms with E-state index in [0.717, 1.165) is 13.0 Å². The first-order valence-corrected chi connectivity index (χ1v) is 5.20.